The van der Waals surface area contributed by atoms with Gasteiger partial charge in [-0.1, -0.05) is 30.3 Å². The topological polar surface area (TPSA) is 99.3 Å². The van der Waals surface area contributed by atoms with Gasteiger partial charge in [-0.05, 0) is 54.1 Å². The first-order chi connectivity index (χ1) is 14.6. The van der Waals surface area contributed by atoms with E-state index in [9.17, 15) is 9.59 Å². The van der Waals surface area contributed by atoms with E-state index in [2.05, 4.69) is 20.3 Å². The summed E-state index contributed by atoms with van der Waals surface area (Å²) in [5.74, 6) is 1.42. The first kappa shape index (κ1) is 17.7. The summed E-state index contributed by atoms with van der Waals surface area (Å²) in [6.07, 6.45) is 1.75. The van der Waals surface area contributed by atoms with Crippen molar-refractivity contribution in [3.63, 3.8) is 0 Å². The third-order valence-electron chi connectivity index (χ3n) is 4.64. The lowest BCUT2D eigenvalue weighted by Crippen LogP contribution is -2.22. The molecule has 0 atom stereocenters. The fraction of sp³-hybridized carbons (Fsp3) is 0. The number of carbonyl (C=O) groups is 1. The highest BCUT2D eigenvalue weighted by Crippen LogP contribution is 2.21. The maximum atomic E-state index is 12.4. The summed E-state index contributed by atoms with van der Waals surface area (Å²) < 4.78 is 5.85. The molecule has 1 aliphatic heterocycles. The van der Waals surface area contributed by atoms with Crippen molar-refractivity contribution in [3.05, 3.63) is 110 Å². The maximum Gasteiger partial charge on any atom is 0.346 e. The van der Waals surface area contributed by atoms with Gasteiger partial charge in [-0.3, -0.25) is 4.79 Å². The van der Waals surface area contributed by atoms with E-state index in [1.165, 1.54) is 0 Å². The van der Waals surface area contributed by atoms with E-state index in [0.717, 1.165) is 16.5 Å². The van der Waals surface area contributed by atoms with Crippen molar-refractivity contribution >= 4 is 17.8 Å². The summed E-state index contributed by atoms with van der Waals surface area (Å²) in [6, 6.07) is 21.9. The number of urea groups is 1. The molecule has 0 saturated carbocycles. The number of hydrogen-bond acceptors (Lipinski definition) is 3. The van der Waals surface area contributed by atoms with Crippen LogP contribution in [0, 0.1) is 10.7 Å². The molecular weight excluding hydrogens is 380 g/mol. The van der Waals surface area contributed by atoms with Gasteiger partial charge in [-0.25, -0.2) is 4.79 Å². The number of hydrogen-bond donors (Lipinski definition) is 3. The molecule has 0 radical (unpaired) electrons. The number of fused-ring (bicyclic) bond motifs is 1. The maximum absolute atomic E-state index is 12.4. The van der Waals surface area contributed by atoms with Crippen LogP contribution >= 0.6 is 0 Å². The smallest absolute Gasteiger partial charge is 0.346 e. The molecule has 3 N–H and O–H groups in total. The molecule has 5 rings (SSSR count). The summed E-state index contributed by atoms with van der Waals surface area (Å²) >= 11 is 0. The number of benzene rings is 3. The Morgan fingerprint density at radius 3 is 2.53 bits per heavy atom. The predicted octanol–water partition coefficient (Wildman–Crippen LogP) is 2.78. The largest absolute Gasteiger partial charge is 0.457 e. The van der Waals surface area contributed by atoms with Crippen LogP contribution in [0.25, 0.3) is 6.08 Å². The molecule has 146 valence electrons. The van der Waals surface area contributed by atoms with Crippen LogP contribution in [-0.4, -0.2) is 16.0 Å². The van der Waals surface area contributed by atoms with E-state index in [4.69, 9.17) is 4.74 Å². The lowest BCUT2D eigenvalue weighted by molar-refractivity contribution is 0.260. The van der Waals surface area contributed by atoms with E-state index in [1.54, 1.807) is 24.3 Å². The summed E-state index contributed by atoms with van der Waals surface area (Å²) in [5.41, 5.74) is 1.74. The second-order valence-corrected chi connectivity index (χ2v) is 6.77. The van der Waals surface area contributed by atoms with Crippen molar-refractivity contribution in [2.24, 2.45) is 4.99 Å². The minimum atomic E-state index is -0.395. The van der Waals surface area contributed by atoms with Crippen molar-refractivity contribution in [1.29, 1.82) is 0 Å². The van der Waals surface area contributed by atoms with Crippen molar-refractivity contribution in [3.8, 4) is 11.5 Å². The zero-order valence-corrected chi connectivity index (χ0v) is 15.7. The average Bonchev–Trinajstić information content (AvgIpc) is 3.30. The zero-order chi connectivity index (χ0) is 20.5. The molecule has 4 aromatic rings. The standard InChI is InChI=1S/C23H16N4O3/c28-22-20(12-14-5-4-8-17(11-14)30-16-6-2-1-3-7-16)24-21(27-22)15-9-10-18-19(13-15)26-23(29)25-18/h1-13,24H,(H,26,29)(H,27,28)/b20-12-,21-15+. The number of amides is 2. The number of anilines is 1. The first-order valence-electron chi connectivity index (χ1n) is 9.31. The van der Waals surface area contributed by atoms with Gasteiger partial charge in [0, 0.05) is 5.22 Å². The fourth-order valence-electron chi connectivity index (χ4n) is 3.25. The van der Waals surface area contributed by atoms with Gasteiger partial charge in [0.1, 0.15) is 22.3 Å². The number of carbonyl (C=O) groups excluding carboxylic acids is 1. The van der Waals surface area contributed by atoms with Gasteiger partial charge in [0.15, 0.2) is 0 Å². The van der Waals surface area contributed by atoms with Crippen molar-refractivity contribution < 1.29 is 9.53 Å². The second kappa shape index (κ2) is 7.21. The summed E-state index contributed by atoms with van der Waals surface area (Å²) in [4.78, 5) is 33.6. The summed E-state index contributed by atoms with van der Waals surface area (Å²) in [7, 11) is 0. The molecule has 0 unspecified atom stereocenters. The highest BCUT2D eigenvalue weighted by Gasteiger charge is 2.09. The van der Waals surface area contributed by atoms with Crippen LogP contribution in [0.4, 0.5) is 10.5 Å². The highest BCUT2D eigenvalue weighted by molar-refractivity contribution is 5.93. The second-order valence-electron chi connectivity index (χ2n) is 6.77. The van der Waals surface area contributed by atoms with E-state index < -0.39 is 6.03 Å². The number of H-pyrrole nitrogens is 2. The number of aromatic nitrogens is 2. The number of ether oxygens (including phenoxy) is 1. The molecule has 0 bridgehead atoms. The Hall–Kier alpha value is -4.39. The number of rotatable bonds is 3. The molecule has 0 aliphatic carbocycles. The Kier molecular flexibility index (Phi) is 4.25. The van der Waals surface area contributed by atoms with Crippen molar-refractivity contribution in [1.82, 2.24) is 9.97 Å². The lowest BCUT2D eigenvalue weighted by atomic mass is 10.2. The Balaban J connectivity index is 1.54. The van der Waals surface area contributed by atoms with E-state index in [-0.39, 0.29) is 5.56 Å². The van der Waals surface area contributed by atoms with Crippen LogP contribution in [0.1, 0.15) is 5.56 Å². The number of aromatic amines is 2. The van der Waals surface area contributed by atoms with Crippen molar-refractivity contribution in [2.75, 3.05) is 5.32 Å². The molecule has 1 aromatic heterocycles. The van der Waals surface area contributed by atoms with Crippen LogP contribution in [0.3, 0.4) is 0 Å². The molecule has 1 aliphatic rings. The van der Waals surface area contributed by atoms with Gasteiger partial charge in [0.25, 0.3) is 5.56 Å². The molecule has 0 fully saturated rings. The van der Waals surface area contributed by atoms with E-state index in [1.807, 2.05) is 54.6 Å². The molecule has 3 aromatic carbocycles. The molecule has 2 amide bonds. The monoisotopic (exact) mass is 396 g/mol. The zero-order valence-electron chi connectivity index (χ0n) is 15.7. The lowest BCUT2D eigenvalue weighted by Gasteiger charge is -2.05. The normalized spacial score (nSPS) is 14.1. The molecule has 7 nitrogen and oxygen atoms in total. The minimum Gasteiger partial charge on any atom is -0.457 e. The molecule has 0 saturated heterocycles. The van der Waals surface area contributed by atoms with Crippen molar-refractivity contribution in [2.45, 2.75) is 0 Å². The quantitative estimate of drug-likeness (QED) is 0.497. The minimum absolute atomic E-state index is 0.242. The van der Waals surface area contributed by atoms with Crippen LogP contribution in [0.5, 0.6) is 11.5 Å². The number of nitrogens with one attached hydrogen (secondary N) is 3. The number of para-hydroxylation sites is 1. The van der Waals surface area contributed by atoms with Gasteiger partial charge in [-0.15, -0.1) is 0 Å². The van der Waals surface area contributed by atoms with E-state index in [0.29, 0.717) is 27.6 Å². The van der Waals surface area contributed by atoms with Crippen LogP contribution in [-0.2, 0) is 0 Å². The Bertz CT molecular complexity index is 1540. The van der Waals surface area contributed by atoms with Crippen LogP contribution in [0.15, 0.2) is 82.6 Å². The Morgan fingerprint density at radius 1 is 0.833 bits per heavy atom. The number of nitrogens with zero attached hydrogens (tertiary/aromatic N) is 1. The molecule has 30 heavy (non-hydrogen) atoms. The third-order valence-corrected chi connectivity index (χ3v) is 4.64. The molecular formula is C23H16N4O3. The predicted molar refractivity (Wildman–Crippen MR) is 112 cm³/mol. The van der Waals surface area contributed by atoms with Crippen LogP contribution in [0.2, 0.25) is 0 Å². The summed E-state index contributed by atoms with van der Waals surface area (Å²) in [6.45, 7) is 0. The highest BCUT2D eigenvalue weighted by atomic mass is 16.5. The fourth-order valence-corrected chi connectivity index (χ4v) is 3.25. The van der Waals surface area contributed by atoms with Gasteiger partial charge < -0.3 is 20.0 Å². The van der Waals surface area contributed by atoms with Gasteiger partial charge in [0.2, 0.25) is 0 Å². The third kappa shape index (κ3) is 3.51. The van der Waals surface area contributed by atoms with E-state index >= 15 is 0 Å². The number of imidazole rings is 1. The van der Waals surface area contributed by atoms with Gasteiger partial charge >= 0.3 is 6.03 Å². The molecule has 0 spiro atoms. The molecule has 7 heteroatoms. The van der Waals surface area contributed by atoms with Gasteiger partial charge in [0.05, 0.1) is 11.0 Å². The van der Waals surface area contributed by atoms with Crippen LogP contribution < -0.4 is 26.3 Å². The SMILES string of the molecule is O=C1N=c2cc/c(=c3\[nH]c(=O)/c(=C/c4cccc(Oc5ccccc5)c4)[nH]3)cc2N1. The Morgan fingerprint density at radius 2 is 1.67 bits per heavy atom. The first-order valence-corrected chi connectivity index (χ1v) is 9.31. The molecule has 2 heterocycles. The van der Waals surface area contributed by atoms with Gasteiger partial charge in [-0.2, -0.15) is 4.99 Å². The summed E-state index contributed by atoms with van der Waals surface area (Å²) in [5, 5.41) is 4.40. The Labute approximate surface area is 169 Å². The average molecular weight is 396 g/mol.